The van der Waals surface area contributed by atoms with Gasteiger partial charge in [0.05, 0.1) is 13.2 Å². The zero-order valence-electron chi connectivity index (χ0n) is 15.7. The number of rotatable bonds is 0. The van der Waals surface area contributed by atoms with E-state index in [-0.39, 0.29) is 11.2 Å². The fourth-order valence-corrected chi connectivity index (χ4v) is 7.72. The van der Waals surface area contributed by atoms with E-state index in [2.05, 4.69) is 32.9 Å². The van der Waals surface area contributed by atoms with Gasteiger partial charge in [-0.05, 0) is 67.1 Å². The third-order valence-corrected chi connectivity index (χ3v) is 9.16. The normalized spacial score (nSPS) is 55.2. The van der Waals surface area contributed by atoms with Gasteiger partial charge in [-0.3, -0.25) is 0 Å². The summed E-state index contributed by atoms with van der Waals surface area (Å²) in [5.41, 5.74) is 0.635. The molecule has 0 amide bonds. The minimum atomic E-state index is -0.308. The van der Waals surface area contributed by atoms with E-state index < -0.39 is 0 Å². The number of fused-ring (bicyclic) bond motifs is 6. The van der Waals surface area contributed by atoms with Crippen molar-refractivity contribution in [2.24, 2.45) is 40.4 Å². The Morgan fingerprint density at radius 3 is 2.54 bits per heavy atom. The van der Waals surface area contributed by atoms with Crippen molar-refractivity contribution in [3.8, 4) is 0 Å². The van der Waals surface area contributed by atoms with Crippen molar-refractivity contribution in [1.29, 1.82) is 0 Å². The Kier molecular flexibility index (Phi) is 3.37. The lowest BCUT2D eigenvalue weighted by Gasteiger charge is -2.59. The molecule has 7 atom stereocenters. The van der Waals surface area contributed by atoms with Crippen LogP contribution >= 0.6 is 0 Å². The lowest BCUT2D eigenvalue weighted by molar-refractivity contribution is -0.217. The van der Waals surface area contributed by atoms with Gasteiger partial charge in [0.25, 0.3) is 0 Å². The van der Waals surface area contributed by atoms with Crippen molar-refractivity contribution in [2.75, 3.05) is 13.2 Å². The minimum Gasteiger partial charge on any atom is -0.347 e. The van der Waals surface area contributed by atoms with Gasteiger partial charge in [-0.15, -0.1) is 0 Å². The van der Waals surface area contributed by atoms with Gasteiger partial charge in [-0.25, -0.2) is 0 Å². The SMILES string of the molecule is C[C@@H]1CC[C@]2(C)C3C=C[C@@]4(C)C(CCC45OCCO5)C3CC[C@@H]2C1. The predicted octanol–water partition coefficient (Wildman–Crippen LogP) is 5.18. The number of allylic oxidation sites excluding steroid dienone is 1. The first-order valence-electron chi connectivity index (χ1n) is 10.5. The summed E-state index contributed by atoms with van der Waals surface area (Å²) in [6.07, 6.45) is 14.8. The first kappa shape index (κ1) is 15.9. The summed E-state index contributed by atoms with van der Waals surface area (Å²) in [4.78, 5) is 0. The van der Waals surface area contributed by atoms with Gasteiger partial charge >= 0.3 is 0 Å². The first-order valence-corrected chi connectivity index (χ1v) is 10.5. The molecule has 5 rings (SSSR count). The molecule has 1 spiro atoms. The molecule has 1 saturated heterocycles. The maximum Gasteiger partial charge on any atom is 0.177 e. The second-order valence-electron chi connectivity index (χ2n) is 10.1. The molecule has 3 saturated carbocycles. The van der Waals surface area contributed by atoms with Crippen LogP contribution in [0.15, 0.2) is 12.2 Å². The van der Waals surface area contributed by atoms with Gasteiger partial charge < -0.3 is 9.47 Å². The van der Waals surface area contributed by atoms with E-state index in [1.54, 1.807) is 0 Å². The highest BCUT2D eigenvalue weighted by Crippen LogP contribution is 2.67. The fourth-order valence-electron chi connectivity index (χ4n) is 7.72. The molecule has 3 unspecified atom stereocenters. The maximum absolute atomic E-state index is 6.23. The van der Waals surface area contributed by atoms with Crippen LogP contribution in [0.5, 0.6) is 0 Å². The van der Waals surface area contributed by atoms with E-state index in [1.165, 1.54) is 38.5 Å². The van der Waals surface area contributed by atoms with E-state index in [9.17, 15) is 0 Å². The Morgan fingerprint density at radius 2 is 1.75 bits per heavy atom. The fraction of sp³-hybridized carbons (Fsp3) is 0.909. The van der Waals surface area contributed by atoms with Crippen LogP contribution < -0.4 is 0 Å². The molecule has 1 heterocycles. The zero-order valence-corrected chi connectivity index (χ0v) is 15.7. The molecule has 1 aliphatic heterocycles. The molecule has 0 aromatic heterocycles. The van der Waals surface area contributed by atoms with Gasteiger partial charge in [0.1, 0.15) is 0 Å². The van der Waals surface area contributed by atoms with Gasteiger partial charge in [0.2, 0.25) is 0 Å². The Bertz CT molecular complexity index is 548. The lowest BCUT2D eigenvalue weighted by Crippen LogP contribution is -2.54. The van der Waals surface area contributed by atoms with Crippen LogP contribution in [0.1, 0.15) is 65.7 Å². The number of hydrogen-bond acceptors (Lipinski definition) is 2. The smallest absolute Gasteiger partial charge is 0.177 e. The van der Waals surface area contributed by atoms with Crippen LogP contribution in [0.4, 0.5) is 0 Å². The Hall–Kier alpha value is -0.340. The van der Waals surface area contributed by atoms with Crippen LogP contribution in [0.3, 0.4) is 0 Å². The van der Waals surface area contributed by atoms with Crippen molar-refractivity contribution >= 4 is 0 Å². The van der Waals surface area contributed by atoms with Crippen molar-refractivity contribution < 1.29 is 9.47 Å². The van der Waals surface area contributed by atoms with Gasteiger partial charge in [0, 0.05) is 11.8 Å². The summed E-state index contributed by atoms with van der Waals surface area (Å²) in [7, 11) is 0. The van der Waals surface area contributed by atoms with Gasteiger partial charge in [-0.1, -0.05) is 39.3 Å². The van der Waals surface area contributed by atoms with Crippen molar-refractivity contribution in [2.45, 2.75) is 71.5 Å². The second kappa shape index (κ2) is 5.10. The largest absolute Gasteiger partial charge is 0.347 e. The quantitative estimate of drug-likeness (QED) is 0.569. The van der Waals surface area contributed by atoms with Crippen LogP contribution in [-0.4, -0.2) is 19.0 Å². The molecule has 5 aliphatic rings. The predicted molar refractivity (Wildman–Crippen MR) is 95.4 cm³/mol. The molecule has 2 nitrogen and oxygen atoms in total. The average molecular weight is 331 g/mol. The van der Waals surface area contributed by atoms with Gasteiger partial charge in [-0.2, -0.15) is 0 Å². The second-order valence-corrected chi connectivity index (χ2v) is 10.1. The third kappa shape index (κ3) is 1.85. The number of hydrogen-bond donors (Lipinski definition) is 0. The molecule has 0 bridgehead atoms. The summed E-state index contributed by atoms with van der Waals surface area (Å²) in [6, 6.07) is 0. The van der Waals surface area contributed by atoms with E-state index in [0.29, 0.717) is 5.41 Å². The van der Waals surface area contributed by atoms with Crippen LogP contribution in [0.25, 0.3) is 0 Å². The molecular weight excluding hydrogens is 296 g/mol. The van der Waals surface area contributed by atoms with E-state index in [0.717, 1.165) is 49.2 Å². The summed E-state index contributed by atoms with van der Waals surface area (Å²) in [5.74, 6) is 3.97. The molecule has 0 radical (unpaired) electrons. The van der Waals surface area contributed by atoms with E-state index >= 15 is 0 Å². The molecule has 24 heavy (non-hydrogen) atoms. The molecule has 0 aromatic carbocycles. The van der Waals surface area contributed by atoms with E-state index in [1.807, 2.05) is 0 Å². The van der Waals surface area contributed by atoms with Crippen molar-refractivity contribution in [1.82, 2.24) is 0 Å². The highest BCUT2D eigenvalue weighted by atomic mass is 16.7. The molecular formula is C22H34O2. The van der Waals surface area contributed by atoms with Crippen molar-refractivity contribution in [3.05, 3.63) is 12.2 Å². The van der Waals surface area contributed by atoms with Gasteiger partial charge in [0.15, 0.2) is 5.79 Å². The molecule has 2 heteroatoms. The highest BCUT2D eigenvalue weighted by molar-refractivity contribution is 5.23. The summed E-state index contributed by atoms with van der Waals surface area (Å²) < 4.78 is 12.5. The van der Waals surface area contributed by atoms with Crippen molar-refractivity contribution in [3.63, 3.8) is 0 Å². The van der Waals surface area contributed by atoms with E-state index in [4.69, 9.17) is 9.47 Å². The highest BCUT2D eigenvalue weighted by Gasteiger charge is 2.65. The van der Waals surface area contributed by atoms with Crippen LogP contribution in [0.2, 0.25) is 0 Å². The summed E-state index contributed by atoms with van der Waals surface area (Å²) in [6.45, 7) is 9.08. The lowest BCUT2D eigenvalue weighted by atomic mass is 9.46. The summed E-state index contributed by atoms with van der Waals surface area (Å²) in [5, 5.41) is 0. The average Bonchev–Trinajstić information content (AvgIpc) is 3.15. The Balaban J connectivity index is 1.51. The summed E-state index contributed by atoms with van der Waals surface area (Å²) >= 11 is 0. The Morgan fingerprint density at radius 1 is 0.958 bits per heavy atom. The Labute approximate surface area is 147 Å². The maximum atomic E-state index is 6.23. The first-order chi connectivity index (χ1) is 11.5. The monoisotopic (exact) mass is 330 g/mol. The molecule has 0 N–H and O–H groups in total. The third-order valence-electron chi connectivity index (χ3n) is 9.16. The molecule has 4 aliphatic carbocycles. The zero-order chi connectivity index (χ0) is 16.6. The molecule has 4 fully saturated rings. The van der Waals surface area contributed by atoms with Crippen LogP contribution in [-0.2, 0) is 9.47 Å². The molecule has 134 valence electrons. The number of ether oxygens (including phenoxy) is 2. The molecule has 0 aromatic rings. The topological polar surface area (TPSA) is 18.5 Å². The standard InChI is InChI=1S/C22H34O2/c1-15-6-9-20(2)16(14-15)4-5-17-18(20)7-10-21(3)19(17)8-11-22(21)23-12-13-24-22/h7,10,15-19H,4-6,8-9,11-14H2,1-3H3/t15-,16-,17?,18?,19?,20+,21+/m1/s1. The minimum absolute atomic E-state index is 0.0931. The van der Waals surface area contributed by atoms with Crippen LogP contribution in [0, 0.1) is 40.4 Å².